The van der Waals surface area contributed by atoms with Gasteiger partial charge in [0.15, 0.2) is 0 Å². The Hall–Kier alpha value is -1.30. The molecule has 1 fully saturated rings. The summed E-state index contributed by atoms with van der Waals surface area (Å²) in [4.78, 5) is 26.0. The van der Waals surface area contributed by atoms with Crippen LogP contribution >= 0.6 is 0 Å². The molecule has 0 aliphatic heterocycles. The first kappa shape index (κ1) is 14.8. The molecule has 0 bridgehead atoms. The Bertz CT molecular complexity index is 292. The van der Waals surface area contributed by atoms with Crippen molar-refractivity contribution in [2.75, 3.05) is 33.2 Å². The van der Waals surface area contributed by atoms with Crippen LogP contribution in [0.5, 0.6) is 0 Å². The van der Waals surface area contributed by atoms with Gasteiger partial charge in [0.1, 0.15) is 6.54 Å². The van der Waals surface area contributed by atoms with Crippen molar-refractivity contribution in [2.24, 2.45) is 0 Å². The van der Waals surface area contributed by atoms with Gasteiger partial charge in [-0.05, 0) is 26.3 Å². The van der Waals surface area contributed by atoms with Gasteiger partial charge >= 0.3 is 12.0 Å². The van der Waals surface area contributed by atoms with Gasteiger partial charge in [-0.3, -0.25) is 4.79 Å². The van der Waals surface area contributed by atoms with Crippen LogP contribution in [-0.2, 0) is 4.79 Å². The highest BCUT2D eigenvalue weighted by Crippen LogP contribution is 2.24. The zero-order valence-corrected chi connectivity index (χ0v) is 11.2. The number of carboxylic acid groups (broad SMARTS) is 1. The summed E-state index contributed by atoms with van der Waals surface area (Å²) < 4.78 is 0. The van der Waals surface area contributed by atoms with Crippen molar-refractivity contribution in [2.45, 2.75) is 32.2 Å². The number of hydrogen-bond acceptors (Lipinski definition) is 3. The monoisotopic (exact) mass is 257 g/mol. The number of amides is 2. The molecule has 1 saturated carbocycles. The second-order valence-corrected chi connectivity index (χ2v) is 4.76. The van der Waals surface area contributed by atoms with Crippen LogP contribution in [0.1, 0.15) is 26.2 Å². The van der Waals surface area contributed by atoms with E-state index in [9.17, 15) is 9.59 Å². The number of hydrogen-bond donors (Lipinski definition) is 2. The molecule has 0 spiro atoms. The van der Waals surface area contributed by atoms with Crippen LogP contribution in [0.15, 0.2) is 0 Å². The predicted octanol–water partition coefficient (Wildman–Crippen LogP) is 0.587. The first-order valence-corrected chi connectivity index (χ1v) is 6.49. The zero-order chi connectivity index (χ0) is 13.5. The van der Waals surface area contributed by atoms with E-state index in [4.69, 9.17) is 5.11 Å². The summed E-state index contributed by atoms with van der Waals surface area (Å²) in [6.07, 6.45) is 3.24. The molecule has 0 aromatic rings. The maximum absolute atomic E-state index is 11.8. The molecule has 6 heteroatoms. The van der Waals surface area contributed by atoms with E-state index in [1.807, 2.05) is 14.0 Å². The molecule has 2 N–H and O–H groups in total. The molecular weight excluding hydrogens is 234 g/mol. The van der Waals surface area contributed by atoms with Gasteiger partial charge in [-0.15, -0.1) is 0 Å². The first-order valence-electron chi connectivity index (χ1n) is 6.49. The van der Waals surface area contributed by atoms with Crippen molar-refractivity contribution in [3.63, 3.8) is 0 Å². The number of nitrogens with zero attached hydrogens (tertiary/aromatic N) is 2. The summed E-state index contributed by atoms with van der Waals surface area (Å²) in [6, 6.07) is 0.385. The van der Waals surface area contributed by atoms with E-state index in [1.165, 1.54) is 17.7 Å². The second-order valence-electron chi connectivity index (χ2n) is 4.76. The molecule has 0 heterocycles. The molecule has 1 aliphatic carbocycles. The van der Waals surface area contributed by atoms with E-state index in [0.29, 0.717) is 19.1 Å². The van der Waals surface area contributed by atoms with Gasteiger partial charge in [-0.25, -0.2) is 4.79 Å². The Labute approximate surface area is 108 Å². The standard InChI is InChI=1S/C12H23N3O3/c1-3-7-15(9-11(16)17)12(18)13-6-8-14(2)10-4-5-10/h10H,3-9H2,1-2H3,(H,13,18)(H,16,17). The summed E-state index contributed by atoms with van der Waals surface area (Å²) in [7, 11) is 2.05. The minimum absolute atomic E-state index is 0.238. The number of urea groups is 1. The maximum Gasteiger partial charge on any atom is 0.323 e. The molecule has 0 saturated heterocycles. The average Bonchev–Trinajstić information content (AvgIpc) is 3.11. The molecule has 0 radical (unpaired) electrons. The first-order chi connectivity index (χ1) is 8.54. The largest absolute Gasteiger partial charge is 0.480 e. The molecule has 1 rings (SSSR count). The normalized spacial score (nSPS) is 14.6. The lowest BCUT2D eigenvalue weighted by molar-refractivity contribution is -0.137. The Morgan fingerprint density at radius 2 is 2.00 bits per heavy atom. The molecule has 0 aromatic heterocycles. The van der Waals surface area contributed by atoms with E-state index < -0.39 is 5.97 Å². The van der Waals surface area contributed by atoms with Crippen molar-refractivity contribution in [3.8, 4) is 0 Å². The SMILES string of the molecule is CCCN(CC(=O)O)C(=O)NCCN(C)C1CC1. The van der Waals surface area contributed by atoms with Crippen molar-refractivity contribution < 1.29 is 14.7 Å². The van der Waals surface area contributed by atoms with Crippen LogP contribution in [0.4, 0.5) is 4.79 Å². The Kier molecular flexibility index (Phi) is 5.91. The van der Waals surface area contributed by atoms with Crippen LogP contribution in [0.2, 0.25) is 0 Å². The van der Waals surface area contributed by atoms with Crippen molar-refractivity contribution in [1.82, 2.24) is 15.1 Å². The van der Waals surface area contributed by atoms with Crippen LogP contribution < -0.4 is 5.32 Å². The van der Waals surface area contributed by atoms with Gasteiger partial charge in [0.25, 0.3) is 0 Å². The van der Waals surface area contributed by atoms with E-state index in [-0.39, 0.29) is 12.6 Å². The van der Waals surface area contributed by atoms with Gasteiger partial charge in [0.2, 0.25) is 0 Å². The van der Waals surface area contributed by atoms with Gasteiger partial charge < -0.3 is 20.2 Å². The Morgan fingerprint density at radius 1 is 1.33 bits per heavy atom. The van der Waals surface area contributed by atoms with Gasteiger partial charge in [-0.2, -0.15) is 0 Å². The lowest BCUT2D eigenvalue weighted by Crippen LogP contribution is -2.45. The highest BCUT2D eigenvalue weighted by atomic mass is 16.4. The number of carbonyl (C=O) groups is 2. The molecule has 1 aliphatic rings. The highest BCUT2D eigenvalue weighted by molar-refractivity contribution is 5.80. The fraction of sp³-hybridized carbons (Fsp3) is 0.833. The number of aliphatic carboxylic acids is 1. The quantitative estimate of drug-likeness (QED) is 0.667. The predicted molar refractivity (Wildman–Crippen MR) is 68.6 cm³/mol. The minimum Gasteiger partial charge on any atom is -0.480 e. The molecule has 0 aromatic carbocycles. The van der Waals surface area contributed by atoms with Gasteiger partial charge in [0.05, 0.1) is 0 Å². The summed E-state index contributed by atoms with van der Waals surface area (Å²) >= 11 is 0. The fourth-order valence-electron chi connectivity index (χ4n) is 1.83. The van der Waals surface area contributed by atoms with Crippen LogP contribution in [-0.4, -0.2) is 66.2 Å². The number of rotatable bonds is 8. The lowest BCUT2D eigenvalue weighted by Gasteiger charge is -2.22. The number of likely N-dealkylation sites (N-methyl/N-ethyl adjacent to an activating group) is 1. The number of carbonyl (C=O) groups excluding carboxylic acids is 1. The van der Waals surface area contributed by atoms with E-state index in [0.717, 1.165) is 13.0 Å². The van der Waals surface area contributed by atoms with E-state index >= 15 is 0 Å². The summed E-state index contributed by atoms with van der Waals surface area (Å²) in [6.45, 7) is 3.52. The van der Waals surface area contributed by atoms with E-state index in [2.05, 4.69) is 10.2 Å². The molecule has 6 nitrogen and oxygen atoms in total. The zero-order valence-electron chi connectivity index (χ0n) is 11.2. The second kappa shape index (κ2) is 7.20. The summed E-state index contributed by atoms with van der Waals surface area (Å²) in [5.74, 6) is -0.978. The lowest BCUT2D eigenvalue weighted by atomic mass is 10.4. The number of nitrogens with one attached hydrogen (secondary N) is 1. The minimum atomic E-state index is -0.978. The summed E-state index contributed by atoms with van der Waals surface area (Å²) in [5.41, 5.74) is 0. The molecule has 0 unspecified atom stereocenters. The molecule has 104 valence electrons. The average molecular weight is 257 g/mol. The highest BCUT2D eigenvalue weighted by Gasteiger charge is 2.25. The third-order valence-electron chi connectivity index (χ3n) is 3.02. The van der Waals surface area contributed by atoms with Crippen molar-refractivity contribution in [3.05, 3.63) is 0 Å². The van der Waals surface area contributed by atoms with Crippen molar-refractivity contribution in [1.29, 1.82) is 0 Å². The van der Waals surface area contributed by atoms with Gasteiger partial charge in [-0.1, -0.05) is 6.92 Å². The smallest absolute Gasteiger partial charge is 0.323 e. The Morgan fingerprint density at radius 3 is 2.50 bits per heavy atom. The fourth-order valence-corrected chi connectivity index (χ4v) is 1.83. The molecule has 0 atom stereocenters. The maximum atomic E-state index is 11.8. The third-order valence-corrected chi connectivity index (χ3v) is 3.02. The van der Waals surface area contributed by atoms with Crippen LogP contribution in [0, 0.1) is 0 Å². The molecule has 2 amide bonds. The van der Waals surface area contributed by atoms with Crippen LogP contribution in [0.25, 0.3) is 0 Å². The van der Waals surface area contributed by atoms with Crippen molar-refractivity contribution >= 4 is 12.0 Å². The Balaban J connectivity index is 2.24. The molecular formula is C12H23N3O3. The summed E-state index contributed by atoms with van der Waals surface area (Å²) in [5, 5.41) is 11.5. The van der Waals surface area contributed by atoms with Crippen LogP contribution in [0.3, 0.4) is 0 Å². The molecule has 18 heavy (non-hydrogen) atoms. The third kappa shape index (κ3) is 5.35. The topological polar surface area (TPSA) is 72.9 Å². The van der Waals surface area contributed by atoms with E-state index in [1.54, 1.807) is 0 Å². The van der Waals surface area contributed by atoms with Gasteiger partial charge in [0, 0.05) is 25.7 Å². The number of carboxylic acids is 1.